The summed E-state index contributed by atoms with van der Waals surface area (Å²) in [6.45, 7) is 12.9. The number of hydrogen-bond acceptors (Lipinski definition) is 7. The molecule has 0 radical (unpaired) electrons. The van der Waals surface area contributed by atoms with E-state index in [1.807, 2.05) is 0 Å². The summed E-state index contributed by atoms with van der Waals surface area (Å²) in [5.74, 6) is 0.219. The van der Waals surface area contributed by atoms with Crippen LogP contribution in [-0.2, 0) is 28.5 Å². The standard InChI is InChI=1S/C51H101NO6/c1-5-7-9-11-13-15-17-19-21-23-25-27-29-31-33-35-42-57-50(53)39-37-38-48(3)46-55-44-45-56-47-49(4)52-41-40-51(54)58-43-36-34-32-30-28-26-24-22-20-18-16-14-12-10-8-6-2/h48-49,52H,5-47H2,1-4H3. The molecule has 0 aromatic heterocycles. The molecular formula is C51H101NO6. The van der Waals surface area contributed by atoms with Crippen LogP contribution in [0.1, 0.15) is 259 Å². The fraction of sp³-hybridized carbons (Fsp3) is 0.961. The highest BCUT2D eigenvalue weighted by molar-refractivity contribution is 5.69. The van der Waals surface area contributed by atoms with Crippen LogP contribution in [0, 0.1) is 5.92 Å². The number of hydrogen-bond donors (Lipinski definition) is 1. The van der Waals surface area contributed by atoms with E-state index >= 15 is 0 Å². The molecule has 7 heteroatoms. The molecule has 346 valence electrons. The van der Waals surface area contributed by atoms with Gasteiger partial charge in [-0.05, 0) is 38.5 Å². The maximum atomic E-state index is 12.1. The highest BCUT2D eigenvalue weighted by Crippen LogP contribution is 2.16. The highest BCUT2D eigenvalue weighted by Gasteiger charge is 2.09. The predicted molar refractivity (Wildman–Crippen MR) is 248 cm³/mol. The van der Waals surface area contributed by atoms with Crippen molar-refractivity contribution in [2.24, 2.45) is 5.92 Å². The molecule has 1 N–H and O–H groups in total. The Hall–Kier alpha value is -1.18. The molecule has 0 heterocycles. The van der Waals surface area contributed by atoms with Crippen LogP contribution in [0.5, 0.6) is 0 Å². The lowest BCUT2D eigenvalue weighted by atomic mass is 10.0. The van der Waals surface area contributed by atoms with Crippen LogP contribution in [-0.4, -0.2) is 64.2 Å². The first-order valence-electron chi connectivity index (χ1n) is 25.7. The van der Waals surface area contributed by atoms with E-state index in [-0.39, 0.29) is 18.0 Å². The van der Waals surface area contributed by atoms with Crippen LogP contribution in [0.15, 0.2) is 0 Å². The minimum Gasteiger partial charge on any atom is -0.466 e. The van der Waals surface area contributed by atoms with Crippen molar-refractivity contribution in [1.29, 1.82) is 0 Å². The van der Waals surface area contributed by atoms with Gasteiger partial charge in [0.2, 0.25) is 0 Å². The zero-order chi connectivity index (χ0) is 42.3. The second-order valence-electron chi connectivity index (χ2n) is 17.8. The van der Waals surface area contributed by atoms with Crippen molar-refractivity contribution in [1.82, 2.24) is 5.32 Å². The van der Waals surface area contributed by atoms with Crippen molar-refractivity contribution in [2.45, 2.75) is 265 Å². The van der Waals surface area contributed by atoms with Gasteiger partial charge in [0.1, 0.15) is 0 Å². The average molecular weight is 824 g/mol. The van der Waals surface area contributed by atoms with Gasteiger partial charge in [0, 0.05) is 25.6 Å². The van der Waals surface area contributed by atoms with Crippen molar-refractivity contribution in [3.63, 3.8) is 0 Å². The number of carbonyl (C=O) groups is 2. The van der Waals surface area contributed by atoms with E-state index in [1.165, 1.54) is 180 Å². The summed E-state index contributed by atoms with van der Waals surface area (Å²) in [6, 6.07) is 0.163. The van der Waals surface area contributed by atoms with Gasteiger partial charge in [-0.25, -0.2) is 0 Å². The zero-order valence-electron chi connectivity index (χ0n) is 39.5. The van der Waals surface area contributed by atoms with E-state index in [9.17, 15) is 9.59 Å². The van der Waals surface area contributed by atoms with Crippen LogP contribution in [0.3, 0.4) is 0 Å². The Morgan fingerprint density at radius 1 is 0.397 bits per heavy atom. The van der Waals surface area contributed by atoms with Gasteiger partial charge in [0.05, 0.1) is 39.5 Å². The second kappa shape index (κ2) is 48.5. The summed E-state index contributed by atoms with van der Waals surface area (Å²) in [6.07, 6.45) is 45.7. The van der Waals surface area contributed by atoms with E-state index < -0.39 is 0 Å². The van der Waals surface area contributed by atoms with Crippen molar-refractivity contribution in [3.8, 4) is 0 Å². The number of esters is 2. The van der Waals surface area contributed by atoms with E-state index in [4.69, 9.17) is 18.9 Å². The van der Waals surface area contributed by atoms with Gasteiger partial charge >= 0.3 is 11.9 Å². The molecule has 0 aromatic rings. The number of nitrogens with one attached hydrogen (secondary N) is 1. The van der Waals surface area contributed by atoms with Crippen LogP contribution >= 0.6 is 0 Å². The van der Waals surface area contributed by atoms with Gasteiger partial charge in [-0.1, -0.05) is 213 Å². The van der Waals surface area contributed by atoms with Gasteiger partial charge in [-0.3, -0.25) is 9.59 Å². The monoisotopic (exact) mass is 824 g/mol. The first-order chi connectivity index (χ1) is 28.5. The molecule has 0 amide bonds. The van der Waals surface area contributed by atoms with Gasteiger partial charge in [0.15, 0.2) is 0 Å². The molecule has 0 rings (SSSR count). The van der Waals surface area contributed by atoms with Gasteiger partial charge < -0.3 is 24.3 Å². The fourth-order valence-electron chi connectivity index (χ4n) is 7.64. The van der Waals surface area contributed by atoms with Gasteiger partial charge in [-0.2, -0.15) is 0 Å². The summed E-state index contributed by atoms with van der Waals surface area (Å²) in [4.78, 5) is 24.2. The Kier molecular flexibility index (Phi) is 47.5. The summed E-state index contributed by atoms with van der Waals surface area (Å²) < 4.78 is 22.5. The first-order valence-corrected chi connectivity index (χ1v) is 25.7. The Bertz CT molecular complexity index is 759. The maximum Gasteiger partial charge on any atom is 0.307 e. The number of rotatable bonds is 49. The van der Waals surface area contributed by atoms with Crippen molar-refractivity contribution >= 4 is 11.9 Å². The molecule has 2 unspecified atom stereocenters. The zero-order valence-corrected chi connectivity index (χ0v) is 39.5. The molecule has 0 aliphatic rings. The van der Waals surface area contributed by atoms with Crippen molar-refractivity contribution < 1.29 is 28.5 Å². The van der Waals surface area contributed by atoms with Crippen LogP contribution in [0.4, 0.5) is 0 Å². The topological polar surface area (TPSA) is 83.1 Å². The lowest BCUT2D eigenvalue weighted by Crippen LogP contribution is -2.33. The minimum atomic E-state index is -0.119. The highest BCUT2D eigenvalue weighted by atomic mass is 16.5. The second-order valence-corrected chi connectivity index (χ2v) is 17.8. The van der Waals surface area contributed by atoms with E-state index in [0.717, 1.165) is 38.5 Å². The molecule has 0 saturated carbocycles. The van der Waals surface area contributed by atoms with Crippen LogP contribution < -0.4 is 5.32 Å². The molecule has 0 saturated heterocycles. The largest absolute Gasteiger partial charge is 0.466 e. The molecule has 7 nitrogen and oxygen atoms in total. The normalized spacial score (nSPS) is 12.6. The third-order valence-electron chi connectivity index (χ3n) is 11.6. The SMILES string of the molecule is CCCCCCCCCCCCCCCCCCOC(=O)CCCC(C)COCCOCC(C)NCCC(=O)OCCCCCCCCCCCCCCCCCC. The molecule has 0 bridgehead atoms. The Labute approximate surface area is 361 Å². The summed E-state index contributed by atoms with van der Waals surface area (Å²) in [5.41, 5.74) is 0. The lowest BCUT2D eigenvalue weighted by molar-refractivity contribution is -0.144. The third-order valence-corrected chi connectivity index (χ3v) is 11.6. The number of carbonyl (C=O) groups excluding carboxylic acids is 2. The van der Waals surface area contributed by atoms with E-state index in [1.54, 1.807) is 0 Å². The van der Waals surface area contributed by atoms with Crippen molar-refractivity contribution in [3.05, 3.63) is 0 Å². The fourth-order valence-corrected chi connectivity index (χ4v) is 7.64. The molecule has 0 aliphatic heterocycles. The minimum absolute atomic E-state index is 0.0623. The smallest absolute Gasteiger partial charge is 0.307 e. The Balaban J connectivity index is 3.39. The summed E-state index contributed by atoms with van der Waals surface area (Å²) in [7, 11) is 0. The molecular weight excluding hydrogens is 723 g/mol. The molecule has 0 spiro atoms. The molecule has 2 atom stereocenters. The number of unbranched alkanes of at least 4 members (excludes halogenated alkanes) is 30. The quantitative estimate of drug-likeness (QED) is 0.0483. The van der Waals surface area contributed by atoms with Crippen molar-refractivity contribution in [2.75, 3.05) is 46.2 Å². The molecule has 0 aromatic carbocycles. The molecule has 58 heavy (non-hydrogen) atoms. The number of ether oxygens (including phenoxy) is 4. The van der Waals surface area contributed by atoms with E-state index in [0.29, 0.717) is 64.9 Å². The molecule has 0 aliphatic carbocycles. The molecule has 0 fully saturated rings. The Morgan fingerprint density at radius 3 is 1.10 bits per heavy atom. The average Bonchev–Trinajstić information content (AvgIpc) is 3.21. The van der Waals surface area contributed by atoms with Crippen LogP contribution in [0.25, 0.3) is 0 Å². The lowest BCUT2D eigenvalue weighted by Gasteiger charge is -2.15. The maximum absolute atomic E-state index is 12.1. The third kappa shape index (κ3) is 47.5. The van der Waals surface area contributed by atoms with Crippen LogP contribution in [0.2, 0.25) is 0 Å². The van der Waals surface area contributed by atoms with E-state index in [2.05, 4.69) is 33.0 Å². The first kappa shape index (κ1) is 56.8. The van der Waals surface area contributed by atoms with Gasteiger partial charge in [0.25, 0.3) is 0 Å². The summed E-state index contributed by atoms with van der Waals surface area (Å²) in [5, 5.41) is 3.35. The predicted octanol–water partition coefficient (Wildman–Crippen LogP) is 14.8. The Morgan fingerprint density at radius 2 is 0.724 bits per heavy atom. The van der Waals surface area contributed by atoms with Gasteiger partial charge in [-0.15, -0.1) is 0 Å². The summed E-state index contributed by atoms with van der Waals surface area (Å²) >= 11 is 0.